The maximum Gasteiger partial charge on any atom is 0.433 e. The Kier molecular flexibility index (Phi) is 7.40. The lowest BCUT2D eigenvalue weighted by Crippen LogP contribution is -2.36. The van der Waals surface area contributed by atoms with Crippen molar-refractivity contribution in [2.24, 2.45) is 10.9 Å². The number of hydrogen-bond donors (Lipinski definition) is 3. The van der Waals surface area contributed by atoms with Gasteiger partial charge >= 0.3 is 6.18 Å². The molecule has 12 heteroatoms. The molecule has 0 saturated carbocycles. The lowest BCUT2D eigenvalue weighted by Gasteiger charge is -2.29. The van der Waals surface area contributed by atoms with Crippen molar-refractivity contribution in [3.05, 3.63) is 53.0 Å². The summed E-state index contributed by atoms with van der Waals surface area (Å²) >= 11 is 0. The van der Waals surface area contributed by atoms with Crippen LogP contribution in [0.4, 0.5) is 13.2 Å². The third-order valence-electron chi connectivity index (χ3n) is 4.33. The van der Waals surface area contributed by atoms with Crippen molar-refractivity contribution >= 4 is 27.7 Å². The van der Waals surface area contributed by atoms with Crippen LogP contribution in [0.3, 0.4) is 0 Å². The van der Waals surface area contributed by atoms with E-state index in [-0.39, 0.29) is 29.3 Å². The van der Waals surface area contributed by atoms with Gasteiger partial charge in [-0.15, -0.1) is 0 Å². The van der Waals surface area contributed by atoms with Gasteiger partial charge in [0.05, 0.1) is 23.8 Å². The molecule has 1 aromatic heterocycles. The quantitative estimate of drug-likeness (QED) is 0.523. The number of aromatic nitrogens is 1. The van der Waals surface area contributed by atoms with Crippen molar-refractivity contribution in [1.29, 1.82) is 5.41 Å². The Morgan fingerprint density at radius 3 is 2.56 bits per heavy atom. The van der Waals surface area contributed by atoms with Gasteiger partial charge in [-0.25, -0.2) is 13.4 Å². The number of amides is 1. The number of hydrogen-bond acceptors (Lipinski definition) is 7. The van der Waals surface area contributed by atoms with E-state index in [4.69, 9.17) is 5.41 Å². The third-order valence-corrected chi connectivity index (χ3v) is 5.26. The van der Waals surface area contributed by atoms with E-state index < -0.39 is 44.8 Å². The highest BCUT2D eigenvalue weighted by atomic mass is 32.2. The Bertz CT molecular complexity index is 1100. The highest BCUT2D eigenvalue weighted by Crippen LogP contribution is 2.29. The number of sulfone groups is 1. The van der Waals surface area contributed by atoms with Gasteiger partial charge in [0.25, 0.3) is 5.91 Å². The first-order chi connectivity index (χ1) is 14.6. The second-order valence-corrected chi connectivity index (χ2v) is 9.98. The molecule has 0 saturated heterocycles. The van der Waals surface area contributed by atoms with Crippen LogP contribution in [0.5, 0.6) is 0 Å². The van der Waals surface area contributed by atoms with Crippen molar-refractivity contribution in [2.75, 3.05) is 18.6 Å². The van der Waals surface area contributed by atoms with E-state index in [1.54, 1.807) is 0 Å². The van der Waals surface area contributed by atoms with Crippen LogP contribution in [0, 0.1) is 11.3 Å². The van der Waals surface area contributed by atoms with E-state index >= 15 is 0 Å². The van der Waals surface area contributed by atoms with Gasteiger partial charge in [0.15, 0.2) is 0 Å². The number of pyridine rings is 1. The van der Waals surface area contributed by atoms with Gasteiger partial charge in [0.2, 0.25) is 0 Å². The summed E-state index contributed by atoms with van der Waals surface area (Å²) in [5.41, 5.74) is -2.90. The normalized spacial score (nSPS) is 17.8. The minimum absolute atomic E-state index is 0.0195. The lowest BCUT2D eigenvalue weighted by atomic mass is 9.85. The maximum absolute atomic E-state index is 12.9. The van der Waals surface area contributed by atoms with Gasteiger partial charge in [0, 0.05) is 29.5 Å². The number of rotatable bonds is 7. The van der Waals surface area contributed by atoms with E-state index in [0.29, 0.717) is 0 Å². The van der Waals surface area contributed by atoms with Gasteiger partial charge in [-0.1, -0.05) is 6.07 Å². The summed E-state index contributed by atoms with van der Waals surface area (Å²) in [5, 5.41) is 21.0. The molecule has 0 aromatic carbocycles. The zero-order valence-electron chi connectivity index (χ0n) is 17.6. The monoisotopic (exact) mass is 472 g/mol. The Labute approximate surface area is 183 Å². The van der Waals surface area contributed by atoms with Crippen LogP contribution >= 0.6 is 0 Å². The van der Waals surface area contributed by atoms with E-state index in [1.165, 1.54) is 32.2 Å². The summed E-state index contributed by atoms with van der Waals surface area (Å²) in [5.74, 6) is -1.85. The number of carbonyl (C=O) groups excluding carboxylic acids is 1. The predicted molar refractivity (Wildman–Crippen MR) is 113 cm³/mol. The fourth-order valence-electron chi connectivity index (χ4n) is 2.74. The van der Waals surface area contributed by atoms with E-state index in [2.05, 4.69) is 15.3 Å². The maximum atomic E-state index is 12.9. The molecule has 0 bridgehead atoms. The van der Waals surface area contributed by atoms with Crippen molar-refractivity contribution in [1.82, 2.24) is 10.3 Å². The molecule has 1 amide bonds. The fourth-order valence-corrected chi connectivity index (χ4v) is 3.18. The van der Waals surface area contributed by atoms with Gasteiger partial charge in [-0.05, 0) is 38.1 Å². The van der Waals surface area contributed by atoms with Crippen LogP contribution < -0.4 is 5.32 Å². The lowest BCUT2D eigenvalue weighted by molar-refractivity contribution is -0.141. The third kappa shape index (κ3) is 7.09. The van der Waals surface area contributed by atoms with Crippen LogP contribution in [0.1, 0.15) is 30.0 Å². The van der Waals surface area contributed by atoms with Crippen molar-refractivity contribution in [3.63, 3.8) is 0 Å². The molecule has 8 nitrogen and oxygen atoms in total. The van der Waals surface area contributed by atoms with Crippen LogP contribution in [0.25, 0.3) is 0 Å². The highest BCUT2D eigenvalue weighted by Gasteiger charge is 2.34. The number of carbonyl (C=O) groups is 1. The minimum atomic E-state index is -4.72. The molecule has 32 heavy (non-hydrogen) atoms. The summed E-state index contributed by atoms with van der Waals surface area (Å²) in [7, 11) is -3.21. The molecule has 174 valence electrons. The number of nitrogens with one attached hydrogen (secondary N) is 2. The summed E-state index contributed by atoms with van der Waals surface area (Å²) in [6.07, 6.45) is 0.410. The number of allylic oxidation sites excluding steroid dienone is 2. The summed E-state index contributed by atoms with van der Waals surface area (Å²) in [6.45, 7) is 2.83. The SMILES string of the molecule is CC(C)(O)C1=CC(=N)C(/C=N/CCS(C)(=O)=O)C=C1NC(=O)c1cccc(C(F)(F)F)n1. The minimum Gasteiger partial charge on any atom is -0.386 e. The van der Waals surface area contributed by atoms with Crippen molar-refractivity contribution < 1.29 is 31.5 Å². The van der Waals surface area contributed by atoms with Crippen LogP contribution in [-0.2, 0) is 16.0 Å². The van der Waals surface area contributed by atoms with Gasteiger partial charge in [-0.2, -0.15) is 13.2 Å². The first-order valence-electron chi connectivity index (χ1n) is 9.36. The van der Waals surface area contributed by atoms with Gasteiger partial charge < -0.3 is 15.8 Å². The average molecular weight is 472 g/mol. The molecule has 0 radical (unpaired) electrons. The Morgan fingerprint density at radius 2 is 2.00 bits per heavy atom. The molecular formula is C20H23F3N4O4S. The van der Waals surface area contributed by atoms with E-state index in [0.717, 1.165) is 24.5 Å². The molecule has 0 spiro atoms. The number of aliphatic hydroxyl groups is 1. The molecule has 1 aromatic rings. The number of aliphatic imine (C=N–C) groups is 1. The molecular weight excluding hydrogens is 449 g/mol. The molecule has 0 aliphatic heterocycles. The number of nitrogens with zero attached hydrogens (tertiary/aromatic N) is 2. The molecule has 0 fully saturated rings. The molecule has 1 aliphatic rings. The van der Waals surface area contributed by atoms with Crippen LogP contribution in [-0.4, -0.2) is 60.5 Å². The smallest absolute Gasteiger partial charge is 0.386 e. The van der Waals surface area contributed by atoms with E-state index in [1.807, 2.05) is 0 Å². The molecule has 1 atom stereocenters. The summed E-state index contributed by atoms with van der Waals surface area (Å²) in [6, 6.07) is 2.91. The Hall–Kier alpha value is -2.86. The second-order valence-electron chi connectivity index (χ2n) is 7.72. The van der Waals surface area contributed by atoms with Crippen LogP contribution in [0.15, 0.2) is 46.6 Å². The van der Waals surface area contributed by atoms with Gasteiger partial charge in [0.1, 0.15) is 21.2 Å². The molecule has 1 unspecified atom stereocenters. The first-order valence-corrected chi connectivity index (χ1v) is 11.4. The standard InChI is InChI=1S/C20H23F3N4O4S/c1-19(2,29)13-10-14(24)12(11-25-7-8-32(3,30)31)9-16(13)27-18(28)15-5-4-6-17(26-15)20(21,22)23/h4-6,9-12,24,29H,7-8H2,1-3H3,(H,27,28)/b24-14?,25-11+. The van der Waals surface area contributed by atoms with Crippen molar-refractivity contribution in [3.8, 4) is 0 Å². The van der Waals surface area contributed by atoms with Crippen LogP contribution in [0.2, 0.25) is 0 Å². The number of halogens is 3. The molecule has 1 aliphatic carbocycles. The van der Waals surface area contributed by atoms with Crippen molar-refractivity contribution in [2.45, 2.75) is 25.6 Å². The molecule has 3 N–H and O–H groups in total. The zero-order valence-corrected chi connectivity index (χ0v) is 18.4. The number of alkyl halides is 3. The largest absolute Gasteiger partial charge is 0.433 e. The Balaban J connectivity index is 2.31. The average Bonchev–Trinajstić information content (AvgIpc) is 2.65. The van der Waals surface area contributed by atoms with E-state index in [9.17, 15) is 31.5 Å². The topological polar surface area (TPSA) is 133 Å². The second kappa shape index (κ2) is 9.33. The predicted octanol–water partition coefficient (Wildman–Crippen LogP) is 2.18. The fraction of sp³-hybridized carbons (Fsp3) is 0.400. The summed E-state index contributed by atoms with van der Waals surface area (Å²) < 4.78 is 61.1. The summed E-state index contributed by atoms with van der Waals surface area (Å²) in [4.78, 5) is 19.9. The zero-order chi connectivity index (χ0) is 24.3. The molecule has 1 heterocycles. The Morgan fingerprint density at radius 1 is 1.34 bits per heavy atom. The van der Waals surface area contributed by atoms with Gasteiger partial charge in [-0.3, -0.25) is 9.79 Å². The molecule has 2 rings (SSSR count). The highest BCUT2D eigenvalue weighted by molar-refractivity contribution is 7.90. The first kappa shape index (κ1) is 25.4.